The lowest BCUT2D eigenvalue weighted by atomic mass is 9.74. The molecule has 3 aromatic heterocycles. The fourth-order valence-electron chi connectivity index (χ4n) is 9.01. The smallest absolute Gasteiger partial charge is 0.319 e. The summed E-state index contributed by atoms with van der Waals surface area (Å²) in [7, 11) is 1.45. The van der Waals surface area contributed by atoms with E-state index in [0.29, 0.717) is 59.2 Å². The summed E-state index contributed by atoms with van der Waals surface area (Å²) in [5.41, 5.74) is 0.191. The van der Waals surface area contributed by atoms with Gasteiger partial charge in [0.2, 0.25) is 11.8 Å². The third-order valence-corrected chi connectivity index (χ3v) is 11.8. The summed E-state index contributed by atoms with van der Waals surface area (Å²) in [4.78, 5) is 18.4. The largest absolute Gasteiger partial charge is 0.480 e. The third kappa shape index (κ3) is 6.25. The van der Waals surface area contributed by atoms with Gasteiger partial charge in [0.25, 0.3) is 0 Å². The van der Waals surface area contributed by atoms with E-state index in [0.717, 1.165) is 38.6 Å². The van der Waals surface area contributed by atoms with E-state index in [9.17, 15) is 13.9 Å². The number of nitrogens with one attached hydrogen (secondary N) is 1. The first-order valence-electron chi connectivity index (χ1n) is 17.7. The van der Waals surface area contributed by atoms with Gasteiger partial charge in [0.1, 0.15) is 28.0 Å². The number of likely N-dealkylation sites (tertiary alicyclic amines) is 1. The molecular formula is C36H43ClF3N7O4. The first kappa shape index (κ1) is 34.6. The lowest BCUT2D eigenvalue weighted by Crippen LogP contribution is -2.54. The number of pyridine rings is 1. The first-order valence-corrected chi connectivity index (χ1v) is 18.1. The molecule has 2 saturated heterocycles. The Bertz CT molecular complexity index is 1970. The number of benzene rings is 1. The molecule has 0 radical (unpaired) electrons. The lowest BCUT2D eigenvalue weighted by Gasteiger charge is -2.48. The van der Waals surface area contributed by atoms with E-state index in [2.05, 4.69) is 20.1 Å². The van der Waals surface area contributed by atoms with Crippen LogP contribution < -0.4 is 14.4 Å². The fourth-order valence-corrected chi connectivity index (χ4v) is 9.26. The number of fused-ring (bicyclic) bond motifs is 3. The molecule has 0 amide bonds. The van der Waals surface area contributed by atoms with Crippen LogP contribution in [0.5, 0.6) is 11.9 Å². The molecule has 2 aliphatic carbocycles. The summed E-state index contributed by atoms with van der Waals surface area (Å²) in [6, 6.07) is 2.03. The highest BCUT2D eigenvalue weighted by atomic mass is 35.5. The standard InChI is InChI=1S/C36H43ClF3N7O4/c1-20-12-23-22(15-41-45-23)25(27(20)37)29-28(38)30-26(32(42-29)49-3)31(47-10-11-50-18-34(2,48)17-47)44-33(43-30)51-19-35-7-4-6-24(35)46(9-5-8-35)16-21-13-36(39,40)14-21/h12,15,21,24,48H,4-11,13-14,16-19H2,1-3H3,(H,41,45)/t24-,34+,35-/m1/s1. The van der Waals surface area contributed by atoms with Crippen molar-refractivity contribution in [1.82, 2.24) is 30.0 Å². The number of ether oxygens (including phenoxy) is 3. The number of H-pyrrole nitrogens is 1. The molecule has 0 unspecified atom stereocenters. The van der Waals surface area contributed by atoms with Crippen molar-refractivity contribution in [3.8, 4) is 23.1 Å². The summed E-state index contributed by atoms with van der Waals surface area (Å²) in [6.07, 6.45) is 6.28. The van der Waals surface area contributed by atoms with Gasteiger partial charge in [-0.3, -0.25) is 10.00 Å². The number of hydrogen-bond acceptors (Lipinski definition) is 10. The number of β-amino-alcohol motifs (C(OH)–C–C–N with tert-alkyl or cyclic N) is 1. The van der Waals surface area contributed by atoms with Crippen LogP contribution in [-0.4, -0.2) is 106 Å². The van der Waals surface area contributed by atoms with Crippen LogP contribution in [0.1, 0.15) is 57.4 Å². The van der Waals surface area contributed by atoms with Crippen molar-refractivity contribution in [3.63, 3.8) is 0 Å². The Balaban J connectivity index is 1.21. The highest BCUT2D eigenvalue weighted by molar-refractivity contribution is 6.35. The van der Waals surface area contributed by atoms with Gasteiger partial charge in [-0.25, -0.2) is 18.2 Å². The van der Waals surface area contributed by atoms with Gasteiger partial charge in [0.15, 0.2) is 5.82 Å². The minimum Gasteiger partial charge on any atom is -0.480 e. The Morgan fingerprint density at radius 1 is 1.16 bits per heavy atom. The number of aromatic amines is 1. The van der Waals surface area contributed by atoms with Gasteiger partial charge >= 0.3 is 6.01 Å². The minimum atomic E-state index is -2.54. The molecule has 2 N–H and O–H groups in total. The SMILES string of the molecule is COc1nc(-c2c(Cl)c(C)cc3[nH]ncc23)c(F)c2nc(OC[C@]34CCC[C@H]3N(CC3CC(F)(F)C3)CCC4)nc(N3CCOC[C@@](C)(O)C3)c12. The van der Waals surface area contributed by atoms with Crippen LogP contribution in [0.15, 0.2) is 12.3 Å². The average molecular weight is 730 g/mol. The van der Waals surface area contributed by atoms with Crippen molar-refractivity contribution < 1.29 is 32.5 Å². The highest BCUT2D eigenvalue weighted by Gasteiger charge is 2.51. The number of piperidine rings is 1. The number of alkyl halides is 2. The van der Waals surface area contributed by atoms with E-state index >= 15 is 4.39 Å². The van der Waals surface area contributed by atoms with Crippen molar-refractivity contribution >= 4 is 39.2 Å². The van der Waals surface area contributed by atoms with Gasteiger partial charge in [-0.05, 0) is 63.6 Å². The summed E-state index contributed by atoms with van der Waals surface area (Å²) in [5, 5.41) is 19.3. The second-order valence-corrected chi connectivity index (χ2v) is 15.7. The van der Waals surface area contributed by atoms with Gasteiger partial charge in [-0.15, -0.1) is 0 Å². The molecule has 274 valence electrons. The monoisotopic (exact) mass is 729 g/mol. The zero-order valence-electron chi connectivity index (χ0n) is 29.1. The molecule has 15 heteroatoms. The maximum atomic E-state index is 17.1. The van der Waals surface area contributed by atoms with Gasteiger partial charge in [0.05, 0.1) is 50.2 Å². The first-order chi connectivity index (χ1) is 24.4. The molecule has 51 heavy (non-hydrogen) atoms. The van der Waals surface area contributed by atoms with E-state index < -0.39 is 17.3 Å². The van der Waals surface area contributed by atoms with E-state index in [-0.39, 0.29) is 71.9 Å². The zero-order valence-corrected chi connectivity index (χ0v) is 29.8. The number of methoxy groups -OCH3 is 1. The van der Waals surface area contributed by atoms with Crippen LogP contribution in [0.3, 0.4) is 0 Å². The molecule has 0 bridgehead atoms. The number of rotatable bonds is 8. The normalized spacial score (nSPS) is 27.1. The van der Waals surface area contributed by atoms with Crippen LogP contribution in [0.25, 0.3) is 33.1 Å². The van der Waals surface area contributed by atoms with E-state index in [1.165, 1.54) is 7.11 Å². The average Bonchev–Trinajstić information content (AvgIpc) is 3.68. The molecule has 0 spiro atoms. The molecule has 5 heterocycles. The second-order valence-electron chi connectivity index (χ2n) is 15.3. The maximum absolute atomic E-state index is 17.1. The number of hydrogen-bond donors (Lipinski definition) is 2. The number of nitrogens with zero attached hydrogens (tertiary/aromatic N) is 6. The quantitative estimate of drug-likeness (QED) is 0.213. The van der Waals surface area contributed by atoms with Crippen LogP contribution >= 0.6 is 11.6 Å². The molecule has 2 aliphatic heterocycles. The Labute approximate surface area is 298 Å². The lowest BCUT2D eigenvalue weighted by molar-refractivity contribution is -0.124. The van der Waals surface area contributed by atoms with E-state index in [4.69, 9.17) is 35.8 Å². The topological polar surface area (TPSA) is 122 Å². The second kappa shape index (κ2) is 12.9. The summed E-state index contributed by atoms with van der Waals surface area (Å²) in [6.45, 7) is 6.28. The van der Waals surface area contributed by atoms with Gasteiger partial charge in [-0.2, -0.15) is 15.1 Å². The number of halogens is 4. The predicted molar refractivity (Wildman–Crippen MR) is 186 cm³/mol. The summed E-state index contributed by atoms with van der Waals surface area (Å²) >= 11 is 6.84. The maximum Gasteiger partial charge on any atom is 0.319 e. The third-order valence-electron chi connectivity index (χ3n) is 11.3. The molecular weight excluding hydrogens is 687 g/mol. The number of aliphatic hydroxyl groups is 1. The van der Waals surface area contributed by atoms with Gasteiger partial charge in [0, 0.05) is 48.3 Å². The molecule has 4 aliphatic rings. The van der Waals surface area contributed by atoms with Crippen LogP contribution in [-0.2, 0) is 4.74 Å². The van der Waals surface area contributed by atoms with Crippen molar-refractivity contribution in [2.24, 2.45) is 11.3 Å². The number of aromatic nitrogens is 5. The predicted octanol–water partition coefficient (Wildman–Crippen LogP) is 6.32. The molecule has 3 atom stereocenters. The van der Waals surface area contributed by atoms with Gasteiger partial charge in [-0.1, -0.05) is 18.0 Å². The Morgan fingerprint density at radius 3 is 2.75 bits per heavy atom. The van der Waals surface area contributed by atoms with Gasteiger partial charge < -0.3 is 24.2 Å². The Kier molecular flexibility index (Phi) is 8.75. The molecule has 1 aromatic carbocycles. The summed E-state index contributed by atoms with van der Waals surface area (Å²) < 4.78 is 62.6. The molecule has 4 fully saturated rings. The van der Waals surface area contributed by atoms with E-state index in [1.54, 1.807) is 13.1 Å². The fraction of sp³-hybridized carbons (Fsp3) is 0.611. The molecule has 2 saturated carbocycles. The van der Waals surface area contributed by atoms with Crippen LogP contribution in [0.2, 0.25) is 5.02 Å². The Hall–Kier alpha value is -3.46. The Morgan fingerprint density at radius 2 is 1.96 bits per heavy atom. The van der Waals surface area contributed by atoms with Crippen molar-refractivity contribution in [3.05, 3.63) is 28.7 Å². The number of anilines is 1. The molecule has 8 rings (SSSR count). The molecule has 4 aromatic rings. The van der Waals surface area contributed by atoms with Crippen molar-refractivity contribution in [2.75, 3.05) is 58.0 Å². The zero-order chi connectivity index (χ0) is 35.7. The van der Waals surface area contributed by atoms with Crippen molar-refractivity contribution in [1.29, 1.82) is 0 Å². The van der Waals surface area contributed by atoms with E-state index in [1.807, 2.05) is 17.9 Å². The minimum absolute atomic E-state index is 0.00413. The molecule has 11 nitrogen and oxygen atoms in total. The summed E-state index contributed by atoms with van der Waals surface area (Å²) in [5.74, 6) is -2.89. The highest BCUT2D eigenvalue weighted by Crippen LogP contribution is 2.50. The van der Waals surface area contributed by atoms with Crippen molar-refractivity contribution in [2.45, 2.75) is 76.4 Å². The number of aryl methyl sites for hydroxylation is 1. The van der Waals surface area contributed by atoms with Crippen LogP contribution in [0.4, 0.5) is 19.0 Å². The van der Waals surface area contributed by atoms with Crippen LogP contribution in [0, 0.1) is 24.1 Å².